The first-order chi connectivity index (χ1) is 18.8. The molecule has 7 nitrogen and oxygen atoms in total. The second kappa shape index (κ2) is 11.1. The number of ketones is 1. The second-order valence-corrected chi connectivity index (χ2v) is 11.5. The Balaban J connectivity index is 1.94. The highest BCUT2D eigenvalue weighted by molar-refractivity contribution is 6.51. The fraction of sp³-hybridized carbons (Fsp3) is 0.333. The van der Waals surface area contributed by atoms with Crippen molar-refractivity contribution in [2.75, 3.05) is 31.0 Å². The molecule has 3 aromatic rings. The van der Waals surface area contributed by atoms with Crippen molar-refractivity contribution in [1.82, 2.24) is 0 Å². The van der Waals surface area contributed by atoms with Crippen molar-refractivity contribution in [1.29, 1.82) is 0 Å². The van der Waals surface area contributed by atoms with E-state index in [1.54, 1.807) is 6.07 Å². The lowest BCUT2D eigenvalue weighted by Crippen LogP contribution is -2.29. The van der Waals surface area contributed by atoms with Gasteiger partial charge < -0.3 is 19.5 Å². The summed E-state index contributed by atoms with van der Waals surface area (Å²) in [5.41, 5.74) is 3.28. The summed E-state index contributed by atoms with van der Waals surface area (Å²) in [4.78, 5) is 30.7. The van der Waals surface area contributed by atoms with Crippen molar-refractivity contribution >= 4 is 28.8 Å². The minimum absolute atomic E-state index is 0.00331. The predicted molar refractivity (Wildman–Crippen MR) is 159 cm³/mol. The minimum atomic E-state index is -0.860. The molecule has 1 unspecified atom stereocenters. The average molecular weight is 543 g/mol. The number of anilines is 2. The normalized spacial score (nSPS) is 16.9. The molecule has 0 saturated carbocycles. The van der Waals surface area contributed by atoms with Crippen LogP contribution in [-0.4, -0.2) is 44.1 Å². The Morgan fingerprint density at radius 3 is 2.10 bits per heavy atom. The van der Waals surface area contributed by atoms with Crippen LogP contribution in [0.1, 0.15) is 57.4 Å². The van der Waals surface area contributed by atoms with E-state index in [1.807, 2.05) is 93.5 Å². The number of hydrogen-bond acceptors (Lipinski definition) is 6. The van der Waals surface area contributed by atoms with Crippen LogP contribution in [0.15, 0.2) is 72.3 Å². The fourth-order valence-corrected chi connectivity index (χ4v) is 4.83. The SMILES string of the molecule is COc1ccc(C(C)(C)C)cc1/C(O)=C1\C(=O)C(=O)N(c2ccc(N(C)C)cc2)C1c1ccc(OC(C)C)cc1. The van der Waals surface area contributed by atoms with E-state index in [1.165, 1.54) is 12.0 Å². The molecule has 7 heteroatoms. The van der Waals surface area contributed by atoms with Gasteiger partial charge in [0.1, 0.15) is 17.3 Å². The van der Waals surface area contributed by atoms with Crippen molar-refractivity contribution in [2.45, 2.75) is 52.2 Å². The molecule has 1 heterocycles. The minimum Gasteiger partial charge on any atom is -0.507 e. The summed E-state index contributed by atoms with van der Waals surface area (Å²) in [5, 5.41) is 11.8. The van der Waals surface area contributed by atoms with Crippen molar-refractivity contribution in [2.24, 2.45) is 0 Å². The highest BCUT2D eigenvalue weighted by Crippen LogP contribution is 2.44. The number of aliphatic hydroxyl groups is 1. The number of carbonyl (C=O) groups is 2. The van der Waals surface area contributed by atoms with Gasteiger partial charge in [0.15, 0.2) is 0 Å². The Kier molecular flexibility index (Phi) is 7.96. The Bertz CT molecular complexity index is 1430. The zero-order chi connectivity index (χ0) is 29.4. The Morgan fingerprint density at radius 1 is 0.950 bits per heavy atom. The van der Waals surface area contributed by atoms with E-state index in [9.17, 15) is 14.7 Å². The van der Waals surface area contributed by atoms with Crippen LogP contribution in [-0.2, 0) is 15.0 Å². The summed E-state index contributed by atoms with van der Waals surface area (Å²) in [7, 11) is 5.38. The molecule has 3 aromatic carbocycles. The van der Waals surface area contributed by atoms with Crippen LogP contribution < -0.4 is 19.3 Å². The van der Waals surface area contributed by atoms with Gasteiger partial charge in [0.05, 0.1) is 30.4 Å². The molecule has 1 saturated heterocycles. The molecule has 4 rings (SSSR count). The van der Waals surface area contributed by atoms with Crippen molar-refractivity contribution in [3.63, 3.8) is 0 Å². The summed E-state index contributed by atoms with van der Waals surface area (Å²) in [6.07, 6.45) is -0.00532. The molecular weight excluding hydrogens is 504 g/mol. The van der Waals surface area contributed by atoms with E-state index in [-0.39, 0.29) is 22.9 Å². The number of methoxy groups -OCH3 is 1. The predicted octanol–water partition coefficient (Wildman–Crippen LogP) is 6.47. The highest BCUT2D eigenvalue weighted by Gasteiger charge is 2.47. The number of rotatable bonds is 7. The summed E-state index contributed by atoms with van der Waals surface area (Å²) in [6.45, 7) is 10.1. The molecule has 0 aromatic heterocycles. The average Bonchev–Trinajstić information content (AvgIpc) is 3.17. The molecule has 0 spiro atoms. The Morgan fingerprint density at radius 2 is 1.57 bits per heavy atom. The van der Waals surface area contributed by atoms with Gasteiger partial charge in [-0.05, 0) is 78.9 Å². The van der Waals surface area contributed by atoms with Crippen LogP contribution in [0.2, 0.25) is 0 Å². The Labute approximate surface area is 236 Å². The van der Waals surface area contributed by atoms with Gasteiger partial charge in [-0.3, -0.25) is 14.5 Å². The smallest absolute Gasteiger partial charge is 0.300 e. The number of benzene rings is 3. The monoisotopic (exact) mass is 542 g/mol. The number of Topliss-reactive ketones (excluding diaryl/α,β-unsaturated/α-hetero) is 1. The van der Waals surface area contributed by atoms with Gasteiger partial charge in [-0.15, -0.1) is 0 Å². The number of ether oxygens (including phenoxy) is 2. The fourth-order valence-electron chi connectivity index (χ4n) is 4.83. The molecule has 210 valence electrons. The maximum Gasteiger partial charge on any atom is 0.300 e. The molecule has 1 aliphatic rings. The third-order valence-corrected chi connectivity index (χ3v) is 6.98. The topological polar surface area (TPSA) is 79.3 Å². The summed E-state index contributed by atoms with van der Waals surface area (Å²) < 4.78 is 11.4. The molecule has 1 aliphatic heterocycles. The van der Waals surface area contributed by atoms with E-state index in [4.69, 9.17) is 9.47 Å². The zero-order valence-corrected chi connectivity index (χ0v) is 24.5. The standard InChI is InChI=1S/C33H38N2O5/c1-20(2)40-25-16-9-21(10-17-25)29-28(30(36)26-19-22(33(3,4)5)11-18-27(26)39-8)31(37)32(38)35(29)24-14-12-23(13-15-24)34(6)7/h9-20,29,36H,1-8H3/b30-28+. The van der Waals surface area contributed by atoms with Crippen LogP contribution in [0.4, 0.5) is 11.4 Å². The van der Waals surface area contributed by atoms with Gasteiger partial charge >= 0.3 is 0 Å². The van der Waals surface area contributed by atoms with Gasteiger partial charge in [-0.1, -0.05) is 39.0 Å². The number of amides is 1. The molecular formula is C33H38N2O5. The van der Waals surface area contributed by atoms with Crippen LogP contribution in [0.25, 0.3) is 5.76 Å². The molecule has 1 amide bonds. The first-order valence-corrected chi connectivity index (χ1v) is 13.4. The number of hydrogen-bond donors (Lipinski definition) is 1. The van der Waals surface area contributed by atoms with E-state index in [0.29, 0.717) is 28.3 Å². The molecule has 1 N–H and O–H groups in total. The van der Waals surface area contributed by atoms with Crippen molar-refractivity contribution in [3.8, 4) is 11.5 Å². The van der Waals surface area contributed by atoms with E-state index in [2.05, 4.69) is 20.8 Å². The maximum atomic E-state index is 13.7. The number of carbonyl (C=O) groups excluding carboxylic acids is 2. The van der Waals surface area contributed by atoms with Crippen LogP contribution in [0, 0.1) is 0 Å². The third kappa shape index (κ3) is 5.55. The Hall–Kier alpha value is -4.26. The number of nitrogens with zero attached hydrogens (tertiary/aromatic N) is 2. The third-order valence-electron chi connectivity index (χ3n) is 6.98. The molecule has 40 heavy (non-hydrogen) atoms. The molecule has 0 bridgehead atoms. The lowest BCUT2D eigenvalue weighted by atomic mass is 9.85. The van der Waals surface area contributed by atoms with E-state index < -0.39 is 17.7 Å². The lowest BCUT2D eigenvalue weighted by molar-refractivity contribution is -0.132. The van der Waals surface area contributed by atoms with Gasteiger partial charge in [0.2, 0.25) is 0 Å². The first kappa shape index (κ1) is 28.7. The van der Waals surface area contributed by atoms with Gasteiger partial charge in [0, 0.05) is 25.5 Å². The van der Waals surface area contributed by atoms with Crippen LogP contribution in [0.5, 0.6) is 11.5 Å². The van der Waals surface area contributed by atoms with E-state index in [0.717, 1.165) is 11.3 Å². The largest absolute Gasteiger partial charge is 0.507 e. The first-order valence-electron chi connectivity index (χ1n) is 13.4. The van der Waals surface area contributed by atoms with Crippen molar-refractivity contribution < 1.29 is 24.2 Å². The number of aliphatic hydroxyl groups excluding tert-OH is 1. The molecule has 1 atom stereocenters. The molecule has 0 radical (unpaired) electrons. The van der Waals surface area contributed by atoms with Gasteiger partial charge in [-0.25, -0.2) is 0 Å². The molecule has 1 fully saturated rings. The quantitative estimate of drug-likeness (QED) is 0.209. The summed E-state index contributed by atoms with van der Waals surface area (Å²) >= 11 is 0. The van der Waals surface area contributed by atoms with Crippen LogP contribution >= 0.6 is 0 Å². The van der Waals surface area contributed by atoms with Gasteiger partial charge in [0.25, 0.3) is 11.7 Å². The van der Waals surface area contributed by atoms with Crippen molar-refractivity contribution in [3.05, 3.63) is 89.0 Å². The summed E-state index contributed by atoms with van der Waals surface area (Å²) in [5.74, 6) is -0.666. The maximum absolute atomic E-state index is 13.7. The molecule has 0 aliphatic carbocycles. The van der Waals surface area contributed by atoms with E-state index >= 15 is 0 Å². The van der Waals surface area contributed by atoms with Gasteiger partial charge in [-0.2, -0.15) is 0 Å². The second-order valence-electron chi connectivity index (χ2n) is 11.5. The van der Waals surface area contributed by atoms with Crippen LogP contribution in [0.3, 0.4) is 0 Å². The highest BCUT2D eigenvalue weighted by atomic mass is 16.5. The lowest BCUT2D eigenvalue weighted by Gasteiger charge is -2.26. The zero-order valence-electron chi connectivity index (χ0n) is 24.5. The summed E-state index contributed by atoms with van der Waals surface area (Å²) in [6, 6.07) is 19.3.